The van der Waals surface area contributed by atoms with Gasteiger partial charge in [0, 0.05) is 6.54 Å². The van der Waals surface area contributed by atoms with Crippen molar-refractivity contribution in [3.05, 3.63) is 51.9 Å². The van der Waals surface area contributed by atoms with Crippen LogP contribution in [0.4, 0.5) is 0 Å². The first-order chi connectivity index (χ1) is 9.91. The third-order valence-corrected chi connectivity index (χ3v) is 6.82. The summed E-state index contributed by atoms with van der Waals surface area (Å²) in [5.41, 5.74) is 0.723. The van der Waals surface area contributed by atoms with E-state index in [1.807, 2.05) is 24.3 Å². The molecular weight excluding hydrogens is 330 g/mol. The van der Waals surface area contributed by atoms with Crippen molar-refractivity contribution in [1.29, 1.82) is 0 Å². The zero-order valence-electron chi connectivity index (χ0n) is 11.0. The number of nitrogens with one attached hydrogen (secondary N) is 1. The van der Waals surface area contributed by atoms with E-state index in [1.54, 1.807) is 6.07 Å². The average molecular weight is 344 g/mol. The van der Waals surface area contributed by atoms with E-state index in [0.29, 0.717) is 10.8 Å². The van der Waals surface area contributed by atoms with Crippen LogP contribution in [-0.2, 0) is 22.0 Å². The van der Waals surface area contributed by atoms with Gasteiger partial charge in [-0.15, -0.1) is 11.3 Å². The van der Waals surface area contributed by atoms with Crippen LogP contribution in [0.15, 0.2) is 40.6 Å². The number of hydrogen-bond donors (Lipinski definition) is 2. The number of aryl methyl sites for hydroxylation is 1. The first kappa shape index (κ1) is 15.0. The smallest absolute Gasteiger partial charge is 0.250 e. The number of benzene rings is 1. The van der Waals surface area contributed by atoms with Crippen molar-refractivity contribution in [2.75, 3.05) is 6.54 Å². The fourth-order valence-electron chi connectivity index (χ4n) is 2.58. The molecule has 2 aromatic rings. The SMILES string of the molecule is O=S(=O)(NCC1(O)CCc2ccccc21)c1ccc(Cl)s1. The van der Waals surface area contributed by atoms with Crippen LogP contribution in [0, 0.1) is 0 Å². The Bertz CT molecular complexity index is 772. The second-order valence-corrected chi connectivity index (χ2v) is 8.78. The molecular formula is C14H14ClNO3S2. The van der Waals surface area contributed by atoms with Gasteiger partial charge in [-0.2, -0.15) is 0 Å². The molecule has 0 aliphatic heterocycles. The topological polar surface area (TPSA) is 66.4 Å². The lowest BCUT2D eigenvalue weighted by Crippen LogP contribution is -2.39. The van der Waals surface area contributed by atoms with Gasteiger partial charge in [0.2, 0.25) is 10.0 Å². The highest BCUT2D eigenvalue weighted by atomic mass is 35.5. The summed E-state index contributed by atoms with van der Waals surface area (Å²) in [6.07, 6.45) is 1.26. The molecule has 7 heteroatoms. The van der Waals surface area contributed by atoms with Crippen LogP contribution in [0.3, 0.4) is 0 Å². The van der Waals surface area contributed by atoms with Crippen molar-refractivity contribution in [1.82, 2.24) is 4.72 Å². The molecule has 1 aromatic carbocycles. The van der Waals surface area contributed by atoms with Gasteiger partial charge in [0.1, 0.15) is 9.81 Å². The van der Waals surface area contributed by atoms with Gasteiger partial charge < -0.3 is 5.11 Å². The second kappa shape index (κ2) is 5.37. The predicted octanol–water partition coefficient (Wildman–Crippen LogP) is 2.51. The summed E-state index contributed by atoms with van der Waals surface area (Å²) >= 11 is 6.76. The number of thiophene rings is 1. The van der Waals surface area contributed by atoms with Crippen LogP contribution in [0.25, 0.3) is 0 Å². The summed E-state index contributed by atoms with van der Waals surface area (Å²) in [4.78, 5) is 0. The molecule has 0 radical (unpaired) electrons. The molecule has 0 spiro atoms. The Balaban J connectivity index is 1.79. The van der Waals surface area contributed by atoms with Gasteiger partial charge in [-0.05, 0) is 36.1 Å². The Kier molecular flexibility index (Phi) is 3.83. The highest BCUT2D eigenvalue weighted by Crippen LogP contribution is 2.36. The van der Waals surface area contributed by atoms with E-state index < -0.39 is 15.6 Å². The molecule has 2 N–H and O–H groups in total. The second-order valence-electron chi connectivity index (χ2n) is 5.07. The van der Waals surface area contributed by atoms with Crippen LogP contribution in [-0.4, -0.2) is 20.1 Å². The van der Waals surface area contributed by atoms with E-state index in [2.05, 4.69) is 4.72 Å². The third kappa shape index (κ3) is 2.86. The number of rotatable bonds is 4. The summed E-state index contributed by atoms with van der Waals surface area (Å²) in [7, 11) is -3.64. The molecule has 0 saturated heterocycles. The van der Waals surface area contributed by atoms with Gasteiger partial charge in [-0.3, -0.25) is 0 Å². The molecule has 1 unspecified atom stereocenters. The van der Waals surface area contributed by atoms with Crippen molar-refractivity contribution in [2.24, 2.45) is 0 Å². The first-order valence-corrected chi connectivity index (χ1v) is 9.14. The monoisotopic (exact) mass is 343 g/mol. The summed E-state index contributed by atoms with van der Waals surface area (Å²) in [5, 5.41) is 10.7. The highest BCUT2D eigenvalue weighted by Gasteiger charge is 2.37. The largest absolute Gasteiger partial charge is 0.384 e. The summed E-state index contributed by atoms with van der Waals surface area (Å²) < 4.78 is 27.4. The minimum atomic E-state index is -3.64. The third-order valence-electron chi connectivity index (χ3n) is 3.69. The Morgan fingerprint density at radius 1 is 1.29 bits per heavy atom. The number of hydrogen-bond acceptors (Lipinski definition) is 4. The Morgan fingerprint density at radius 3 is 2.76 bits per heavy atom. The average Bonchev–Trinajstić information content (AvgIpc) is 3.04. The lowest BCUT2D eigenvalue weighted by molar-refractivity contribution is 0.0442. The van der Waals surface area contributed by atoms with Crippen molar-refractivity contribution < 1.29 is 13.5 Å². The zero-order chi connectivity index (χ0) is 15.1. The molecule has 1 aliphatic rings. The fraction of sp³-hybridized carbons (Fsp3) is 0.286. The molecule has 1 aromatic heterocycles. The van der Waals surface area contributed by atoms with Gasteiger partial charge in [0.05, 0.1) is 4.34 Å². The van der Waals surface area contributed by atoms with E-state index >= 15 is 0 Å². The van der Waals surface area contributed by atoms with Gasteiger partial charge >= 0.3 is 0 Å². The normalized spacial score (nSPS) is 21.4. The van der Waals surface area contributed by atoms with Crippen LogP contribution < -0.4 is 4.72 Å². The van der Waals surface area contributed by atoms with Crippen LogP contribution in [0.2, 0.25) is 4.34 Å². The van der Waals surface area contributed by atoms with Crippen LogP contribution in [0.5, 0.6) is 0 Å². The number of halogens is 1. The standard InChI is InChI=1S/C14H14ClNO3S2/c15-12-5-6-13(20-12)21(18,19)16-9-14(17)8-7-10-3-1-2-4-11(10)14/h1-6,16-17H,7-9H2. The molecule has 21 heavy (non-hydrogen) atoms. The predicted molar refractivity (Wildman–Crippen MR) is 83.2 cm³/mol. The zero-order valence-corrected chi connectivity index (χ0v) is 13.4. The van der Waals surface area contributed by atoms with E-state index in [0.717, 1.165) is 28.9 Å². The number of aliphatic hydroxyl groups is 1. The molecule has 4 nitrogen and oxygen atoms in total. The molecule has 0 bridgehead atoms. The molecule has 0 amide bonds. The minimum Gasteiger partial charge on any atom is -0.384 e. The summed E-state index contributed by atoms with van der Waals surface area (Å²) in [6.45, 7) is -0.0398. The summed E-state index contributed by atoms with van der Waals surface area (Å²) in [5.74, 6) is 0. The number of fused-ring (bicyclic) bond motifs is 1. The lowest BCUT2D eigenvalue weighted by atomic mass is 9.96. The Labute approximate surface area is 132 Å². The van der Waals surface area contributed by atoms with Crippen molar-refractivity contribution >= 4 is 33.0 Å². The van der Waals surface area contributed by atoms with E-state index in [4.69, 9.17) is 11.6 Å². The minimum absolute atomic E-state index is 0.0398. The van der Waals surface area contributed by atoms with Gasteiger partial charge in [-0.25, -0.2) is 13.1 Å². The highest BCUT2D eigenvalue weighted by molar-refractivity contribution is 7.91. The van der Waals surface area contributed by atoms with Crippen molar-refractivity contribution in [2.45, 2.75) is 22.7 Å². The lowest BCUT2D eigenvalue weighted by Gasteiger charge is -2.24. The van der Waals surface area contributed by atoms with Gasteiger partial charge in [0.15, 0.2) is 0 Å². The molecule has 0 saturated carbocycles. The Morgan fingerprint density at radius 2 is 2.05 bits per heavy atom. The van der Waals surface area contributed by atoms with Gasteiger partial charge in [-0.1, -0.05) is 35.9 Å². The van der Waals surface area contributed by atoms with Crippen molar-refractivity contribution in [3.63, 3.8) is 0 Å². The number of sulfonamides is 1. The van der Waals surface area contributed by atoms with Crippen LogP contribution >= 0.6 is 22.9 Å². The quantitative estimate of drug-likeness (QED) is 0.896. The Hall–Kier alpha value is -0.920. The van der Waals surface area contributed by atoms with E-state index in [1.165, 1.54) is 6.07 Å². The van der Waals surface area contributed by atoms with Crippen LogP contribution in [0.1, 0.15) is 17.5 Å². The van der Waals surface area contributed by atoms with E-state index in [-0.39, 0.29) is 10.8 Å². The summed E-state index contributed by atoms with van der Waals surface area (Å²) in [6, 6.07) is 10.6. The molecule has 112 valence electrons. The molecule has 1 aliphatic carbocycles. The maximum atomic E-state index is 12.2. The van der Waals surface area contributed by atoms with Gasteiger partial charge in [0.25, 0.3) is 0 Å². The maximum absolute atomic E-state index is 12.2. The maximum Gasteiger partial charge on any atom is 0.250 e. The molecule has 1 atom stereocenters. The van der Waals surface area contributed by atoms with E-state index in [9.17, 15) is 13.5 Å². The molecule has 3 rings (SSSR count). The fourth-order valence-corrected chi connectivity index (χ4v) is 5.20. The molecule has 0 fully saturated rings. The van der Waals surface area contributed by atoms with Crippen molar-refractivity contribution in [3.8, 4) is 0 Å². The first-order valence-electron chi connectivity index (χ1n) is 6.46. The molecule has 1 heterocycles.